The molecule has 1 saturated heterocycles. The number of nitrogens with zero attached hydrogens (tertiary/aromatic N) is 3. The lowest BCUT2D eigenvalue weighted by Crippen LogP contribution is -2.52. The Morgan fingerprint density at radius 1 is 0.911 bits per heavy atom. The molecule has 1 aliphatic rings. The number of ether oxygens (including phenoxy) is 2. The Hall–Kier alpha value is -4.53. The minimum atomic E-state index is -0.751. The van der Waals surface area contributed by atoms with Crippen LogP contribution in [-0.2, 0) is 26.2 Å². The number of rotatable bonds is 8. The number of piperidine rings is 1. The highest BCUT2D eigenvalue weighted by Gasteiger charge is 2.44. The maximum Gasteiger partial charge on any atom is 0.435 e. The van der Waals surface area contributed by atoms with Crippen molar-refractivity contribution in [2.45, 2.75) is 57.8 Å². The summed E-state index contributed by atoms with van der Waals surface area (Å²) < 4.78 is 11.8. The lowest BCUT2D eigenvalue weighted by Gasteiger charge is -2.48. The van der Waals surface area contributed by atoms with Gasteiger partial charge in [-0.1, -0.05) is 91.0 Å². The Morgan fingerprint density at radius 3 is 1.93 bits per heavy atom. The standard InChI is InChI=1S/C37H41N3O5/c1-5-44-34(42)25-32-24-31(38-40(32)35(43)45-36(2,3)4)23-27-26-39(22-21-33(27)41)37(28-15-9-6-10-16-28,29-17-11-7-12-18-29)30-19-13-8-14-20-30/h6-20,23-24,33,41H,5,21-22,25-26H2,1-4H3/b27-23-. The molecule has 0 amide bonds. The number of aromatic nitrogens is 2. The van der Waals surface area contributed by atoms with Gasteiger partial charge in [0.15, 0.2) is 0 Å². The van der Waals surface area contributed by atoms with E-state index in [2.05, 4.69) is 82.8 Å². The Morgan fingerprint density at radius 2 is 1.44 bits per heavy atom. The summed E-state index contributed by atoms with van der Waals surface area (Å²) in [4.78, 5) is 27.9. The van der Waals surface area contributed by atoms with Gasteiger partial charge in [-0.15, -0.1) is 0 Å². The highest BCUT2D eigenvalue weighted by Crippen LogP contribution is 2.44. The van der Waals surface area contributed by atoms with Crippen LogP contribution in [0.25, 0.3) is 6.08 Å². The van der Waals surface area contributed by atoms with E-state index in [1.54, 1.807) is 33.8 Å². The van der Waals surface area contributed by atoms with Gasteiger partial charge in [0.1, 0.15) is 5.60 Å². The van der Waals surface area contributed by atoms with Crippen LogP contribution < -0.4 is 0 Å². The summed E-state index contributed by atoms with van der Waals surface area (Å²) in [6.07, 6.45) is 0.785. The molecule has 234 valence electrons. The number of carbonyl (C=O) groups is 2. The van der Waals surface area contributed by atoms with E-state index in [1.807, 2.05) is 24.3 Å². The normalized spacial score (nSPS) is 16.8. The predicted octanol–water partition coefficient (Wildman–Crippen LogP) is 6.21. The zero-order valence-corrected chi connectivity index (χ0v) is 26.3. The van der Waals surface area contributed by atoms with E-state index in [9.17, 15) is 14.7 Å². The van der Waals surface area contributed by atoms with Gasteiger partial charge in [0.05, 0.1) is 36.1 Å². The molecule has 1 N–H and O–H groups in total. The predicted molar refractivity (Wildman–Crippen MR) is 174 cm³/mol. The van der Waals surface area contributed by atoms with Gasteiger partial charge in [-0.3, -0.25) is 9.69 Å². The van der Waals surface area contributed by atoms with Crippen LogP contribution in [0, 0.1) is 0 Å². The molecule has 0 aliphatic carbocycles. The number of carbonyl (C=O) groups excluding carboxylic acids is 2. The van der Waals surface area contributed by atoms with Crippen LogP contribution in [0.5, 0.6) is 0 Å². The third kappa shape index (κ3) is 7.08. The van der Waals surface area contributed by atoms with Crippen molar-refractivity contribution in [1.29, 1.82) is 0 Å². The molecule has 3 aromatic carbocycles. The zero-order chi connectivity index (χ0) is 32.0. The summed E-state index contributed by atoms with van der Waals surface area (Å²) in [7, 11) is 0. The molecule has 2 heterocycles. The molecule has 0 spiro atoms. The van der Waals surface area contributed by atoms with Gasteiger partial charge in [-0.2, -0.15) is 9.78 Å². The van der Waals surface area contributed by atoms with Gasteiger partial charge in [0, 0.05) is 13.1 Å². The molecule has 8 heteroatoms. The molecule has 4 aromatic rings. The summed E-state index contributed by atoms with van der Waals surface area (Å²) >= 11 is 0. The maximum absolute atomic E-state index is 13.1. The third-order valence-electron chi connectivity index (χ3n) is 7.86. The average molecular weight is 608 g/mol. The minimum absolute atomic E-state index is 0.142. The fraction of sp³-hybridized carbons (Fsp3) is 0.324. The van der Waals surface area contributed by atoms with Crippen LogP contribution in [0.3, 0.4) is 0 Å². The largest absolute Gasteiger partial charge is 0.466 e. The van der Waals surface area contributed by atoms with Crippen LogP contribution in [0.4, 0.5) is 4.79 Å². The lowest BCUT2D eigenvalue weighted by molar-refractivity contribution is -0.142. The van der Waals surface area contributed by atoms with E-state index in [0.29, 0.717) is 30.9 Å². The maximum atomic E-state index is 13.1. The number of benzene rings is 3. The summed E-state index contributed by atoms with van der Waals surface area (Å²) in [5, 5.41) is 15.8. The smallest absolute Gasteiger partial charge is 0.435 e. The first-order valence-corrected chi connectivity index (χ1v) is 15.4. The van der Waals surface area contributed by atoms with Crippen LogP contribution in [0.1, 0.15) is 62.2 Å². The van der Waals surface area contributed by atoms with E-state index >= 15 is 0 Å². The summed E-state index contributed by atoms with van der Waals surface area (Å²) in [6, 6.07) is 33.0. The van der Waals surface area contributed by atoms with Gasteiger partial charge in [-0.05, 0) is 68.5 Å². The molecule has 1 aliphatic heterocycles. The quantitative estimate of drug-likeness (QED) is 0.188. The van der Waals surface area contributed by atoms with Gasteiger partial charge < -0.3 is 14.6 Å². The van der Waals surface area contributed by atoms with E-state index < -0.39 is 29.3 Å². The number of likely N-dealkylation sites (tertiary alicyclic amines) is 1. The van der Waals surface area contributed by atoms with Crippen LogP contribution in [0.15, 0.2) is 103 Å². The first-order valence-electron chi connectivity index (χ1n) is 15.4. The highest BCUT2D eigenvalue weighted by atomic mass is 16.6. The Labute approximate surface area is 264 Å². The van der Waals surface area contributed by atoms with Crippen molar-refractivity contribution >= 4 is 18.1 Å². The molecule has 0 radical (unpaired) electrons. The number of hydrogen-bond acceptors (Lipinski definition) is 7. The van der Waals surface area contributed by atoms with Crippen molar-refractivity contribution in [3.05, 3.63) is 131 Å². The third-order valence-corrected chi connectivity index (χ3v) is 7.86. The SMILES string of the molecule is CCOC(=O)Cc1cc(/C=C2/CN(C(c3ccccc3)(c3ccccc3)c3ccccc3)CCC2O)nn1C(=O)OC(C)(C)C. The zero-order valence-electron chi connectivity index (χ0n) is 26.3. The number of aliphatic hydroxyl groups excluding tert-OH is 1. The van der Waals surface area contributed by atoms with Crippen LogP contribution in [-0.4, -0.2) is 63.3 Å². The lowest BCUT2D eigenvalue weighted by atomic mass is 9.74. The van der Waals surface area contributed by atoms with Crippen molar-refractivity contribution in [3.8, 4) is 0 Å². The monoisotopic (exact) mass is 607 g/mol. The summed E-state index contributed by atoms with van der Waals surface area (Å²) in [5.41, 5.74) is 3.50. The second-order valence-electron chi connectivity index (χ2n) is 12.2. The number of hydrogen-bond donors (Lipinski definition) is 1. The fourth-order valence-electron chi connectivity index (χ4n) is 6.03. The number of aliphatic hydroxyl groups is 1. The Balaban J connectivity index is 1.60. The van der Waals surface area contributed by atoms with E-state index in [4.69, 9.17) is 9.47 Å². The van der Waals surface area contributed by atoms with Crippen molar-refractivity contribution in [1.82, 2.24) is 14.7 Å². The first kappa shape index (κ1) is 31.9. The van der Waals surface area contributed by atoms with Crippen molar-refractivity contribution in [3.63, 3.8) is 0 Å². The van der Waals surface area contributed by atoms with Crippen LogP contribution >= 0.6 is 0 Å². The molecule has 1 aromatic heterocycles. The van der Waals surface area contributed by atoms with E-state index in [-0.39, 0.29) is 13.0 Å². The fourth-order valence-corrected chi connectivity index (χ4v) is 6.03. The second kappa shape index (κ2) is 13.6. The van der Waals surface area contributed by atoms with E-state index in [0.717, 1.165) is 26.9 Å². The molecule has 45 heavy (non-hydrogen) atoms. The first-order chi connectivity index (χ1) is 21.6. The molecule has 1 unspecified atom stereocenters. The molecule has 0 bridgehead atoms. The average Bonchev–Trinajstić information content (AvgIpc) is 3.42. The molecule has 0 saturated carbocycles. The Kier molecular flexibility index (Phi) is 9.65. The van der Waals surface area contributed by atoms with Gasteiger partial charge in [0.25, 0.3) is 0 Å². The number of esters is 1. The Bertz CT molecular complexity index is 1530. The van der Waals surface area contributed by atoms with E-state index in [1.165, 1.54) is 0 Å². The van der Waals surface area contributed by atoms with Crippen LogP contribution in [0.2, 0.25) is 0 Å². The summed E-state index contributed by atoms with van der Waals surface area (Å²) in [5.74, 6) is -0.469. The van der Waals surface area contributed by atoms with Crippen molar-refractivity contribution < 1.29 is 24.2 Å². The van der Waals surface area contributed by atoms with Crippen molar-refractivity contribution in [2.24, 2.45) is 0 Å². The van der Waals surface area contributed by atoms with Gasteiger partial charge in [0.2, 0.25) is 0 Å². The second-order valence-corrected chi connectivity index (χ2v) is 12.2. The van der Waals surface area contributed by atoms with Gasteiger partial charge >= 0.3 is 12.1 Å². The molecule has 5 rings (SSSR count). The molecular weight excluding hydrogens is 566 g/mol. The van der Waals surface area contributed by atoms with Crippen molar-refractivity contribution in [2.75, 3.05) is 19.7 Å². The molecule has 1 atom stereocenters. The summed E-state index contributed by atoms with van der Waals surface area (Å²) in [6.45, 7) is 8.35. The van der Waals surface area contributed by atoms with Gasteiger partial charge in [-0.25, -0.2) is 4.79 Å². The molecule has 8 nitrogen and oxygen atoms in total. The molecular formula is C37H41N3O5. The molecule has 1 fully saturated rings. The topological polar surface area (TPSA) is 93.9 Å². The highest BCUT2D eigenvalue weighted by molar-refractivity contribution is 5.76. The minimum Gasteiger partial charge on any atom is -0.466 e.